The molecule has 1 aliphatic carbocycles. The first-order valence-electron chi connectivity index (χ1n) is 8.01. The van der Waals surface area contributed by atoms with E-state index in [0.29, 0.717) is 5.92 Å². The Bertz CT molecular complexity index is 645. The average Bonchev–Trinajstić information content (AvgIpc) is 2.52. The van der Waals surface area contributed by atoms with E-state index >= 15 is 0 Å². The average molecular weight is 282 g/mol. The van der Waals surface area contributed by atoms with Crippen molar-refractivity contribution in [1.82, 2.24) is 4.98 Å². The molecule has 1 saturated heterocycles. The Morgan fingerprint density at radius 1 is 1.24 bits per heavy atom. The maximum atomic E-state index is 6.65. The number of fused-ring (bicyclic) bond motifs is 1. The van der Waals surface area contributed by atoms with E-state index < -0.39 is 0 Å². The summed E-state index contributed by atoms with van der Waals surface area (Å²) in [4.78, 5) is 4.45. The quantitative estimate of drug-likeness (QED) is 0.915. The van der Waals surface area contributed by atoms with Crippen LogP contribution in [0.25, 0.3) is 10.9 Å². The predicted octanol–water partition coefficient (Wildman–Crippen LogP) is 3.58. The smallest absolute Gasteiger partial charge is 0.0705 e. The number of benzene rings is 1. The monoisotopic (exact) mass is 282 g/mol. The molecule has 2 heterocycles. The summed E-state index contributed by atoms with van der Waals surface area (Å²) < 4.78 is 6.04. The maximum Gasteiger partial charge on any atom is 0.0705 e. The number of nitrogens with zero attached hydrogens (tertiary/aromatic N) is 1. The summed E-state index contributed by atoms with van der Waals surface area (Å²) in [6.45, 7) is 0.862. The van der Waals surface area contributed by atoms with Crippen LogP contribution in [0.2, 0.25) is 0 Å². The molecule has 0 bridgehead atoms. The van der Waals surface area contributed by atoms with Crippen molar-refractivity contribution in [2.24, 2.45) is 11.7 Å². The number of hydrogen-bond donors (Lipinski definition) is 1. The van der Waals surface area contributed by atoms with Crippen molar-refractivity contribution in [3.63, 3.8) is 0 Å². The molecule has 21 heavy (non-hydrogen) atoms. The second-order valence-electron chi connectivity index (χ2n) is 6.58. The minimum atomic E-state index is 0.0827. The Hall–Kier alpha value is -1.45. The summed E-state index contributed by atoms with van der Waals surface area (Å²) in [6, 6.07) is 10.5. The van der Waals surface area contributed by atoms with Gasteiger partial charge in [0.05, 0.1) is 11.1 Å². The lowest BCUT2D eigenvalue weighted by Crippen LogP contribution is -2.47. The van der Waals surface area contributed by atoms with Gasteiger partial charge in [0.1, 0.15) is 0 Å². The Morgan fingerprint density at radius 3 is 2.90 bits per heavy atom. The highest BCUT2D eigenvalue weighted by atomic mass is 16.5. The van der Waals surface area contributed by atoms with Crippen LogP contribution in [0.4, 0.5) is 0 Å². The van der Waals surface area contributed by atoms with E-state index in [0.717, 1.165) is 25.0 Å². The van der Waals surface area contributed by atoms with Crippen molar-refractivity contribution < 1.29 is 4.74 Å². The van der Waals surface area contributed by atoms with Crippen molar-refractivity contribution in [3.8, 4) is 0 Å². The van der Waals surface area contributed by atoms with E-state index in [1.54, 1.807) is 0 Å². The van der Waals surface area contributed by atoms with Gasteiger partial charge in [-0.2, -0.15) is 0 Å². The third kappa shape index (κ3) is 2.25. The van der Waals surface area contributed by atoms with Gasteiger partial charge < -0.3 is 10.5 Å². The van der Waals surface area contributed by atoms with E-state index in [1.807, 2.05) is 12.3 Å². The molecule has 1 saturated carbocycles. The molecular weight excluding hydrogens is 260 g/mol. The van der Waals surface area contributed by atoms with Crippen LogP contribution in [-0.4, -0.2) is 17.2 Å². The van der Waals surface area contributed by atoms with Gasteiger partial charge in [-0.15, -0.1) is 0 Å². The summed E-state index contributed by atoms with van der Waals surface area (Å²) in [5, 5.41) is 1.20. The van der Waals surface area contributed by atoms with Crippen molar-refractivity contribution in [1.29, 1.82) is 0 Å². The van der Waals surface area contributed by atoms with Gasteiger partial charge in [-0.3, -0.25) is 4.98 Å². The lowest BCUT2D eigenvalue weighted by molar-refractivity contribution is -0.146. The lowest BCUT2D eigenvalue weighted by atomic mass is 9.69. The van der Waals surface area contributed by atoms with Crippen molar-refractivity contribution in [3.05, 3.63) is 42.1 Å². The third-order valence-electron chi connectivity index (χ3n) is 5.35. The van der Waals surface area contributed by atoms with Crippen LogP contribution in [0.3, 0.4) is 0 Å². The van der Waals surface area contributed by atoms with Crippen molar-refractivity contribution in [2.75, 3.05) is 6.61 Å². The SMILES string of the molecule is NC(c1ccnc2ccccc12)C1CCOC2(CCC2)C1. The van der Waals surface area contributed by atoms with Crippen LogP contribution in [0.1, 0.15) is 43.7 Å². The lowest BCUT2D eigenvalue weighted by Gasteiger charge is -2.48. The summed E-state index contributed by atoms with van der Waals surface area (Å²) >= 11 is 0. The first-order valence-corrected chi connectivity index (χ1v) is 8.01. The summed E-state index contributed by atoms with van der Waals surface area (Å²) in [5.74, 6) is 0.518. The van der Waals surface area contributed by atoms with Gasteiger partial charge in [-0.1, -0.05) is 18.2 Å². The molecule has 2 aromatic rings. The van der Waals surface area contributed by atoms with Gasteiger partial charge in [-0.25, -0.2) is 0 Å². The van der Waals surface area contributed by atoms with Gasteiger partial charge in [0.25, 0.3) is 0 Å². The molecule has 4 rings (SSSR count). The second-order valence-corrected chi connectivity index (χ2v) is 6.58. The standard InChI is InChI=1S/C18H22N2O/c19-17(13-7-11-21-18(12-13)8-3-9-18)15-6-10-20-16-5-2-1-4-14(15)16/h1-2,4-6,10,13,17H,3,7-9,11-12,19H2. The molecule has 2 aliphatic rings. The number of ether oxygens (including phenoxy) is 1. The van der Waals surface area contributed by atoms with Gasteiger partial charge in [0.2, 0.25) is 0 Å². The molecular formula is C18H22N2O. The largest absolute Gasteiger partial charge is 0.375 e. The zero-order valence-electron chi connectivity index (χ0n) is 12.3. The van der Waals surface area contributed by atoms with Gasteiger partial charge >= 0.3 is 0 Å². The molecule has 0 radical (unpaired) electrons. The van der Waals surface area contributed by atoms with Crippen LogP contribution >= 0.6 is 0 Å². The predicted molar refractivity (Wildman–Crippen MR) is 83.9 cm³/mol. The van der Waals surface area contributed by atoms with Crippen LogP contribution in [0.5, 0.6) is 0 Å². The van der Waals surface area contributed by atoms with Crippen molar-refractivity contribution >= 4 is 10.9 Å². The first kappa shape index (κ1) is 13.2. The first-order chi connectivity index (χ1) is 10.3. The Morgan fingerprint density at radius 2 is 2.10 bits per heavy atom. The van der Waals surface area contributed by atoms with Gasteiger partial charge in [0, 0.05) is 24.2 Å². The Balaban J connectivity index is 1.65. The molecule has 2 fully saturated rings. The molecule has 1 aromatic heterocycles. The van der Waals surface area contributed by atoms with Crippen LogP contribution in [-0.2, 0) is 4.74 Å². The number of pyridine rings is 1. The number of para-hydroxylation sites is 1. The molecule has 1 aliphatic heterocycles. The second kappa shape index (κ2) is 5.08. The Kier molecular flexibility index (Phi) is 3.20. The maximum absolute atomic E-state index is 6.65. The van der Waals surface area contributed by atoms with E-state index in [-0.39, 0.29) is 11.6 Å². The van der Waals surface area contributed by atoms with Gasteiger partial charge in [0.15, 0.2) is 0 Å². The topological polar surface area (TPSA) is 48.1 Å². The highest BCUT2D eigenvalue weighted by molar-refractivity contribution is 5.82. The van der Waals surface area contributed by atoms with Crippen LogP contribution in [0, 0.1) is 5.92 Å². The Labute approximate surface area is 125 Å². The van der Waals surface area contributed by atoms with E-state index in [4.69, 9.17) is 10.5 Å². The highest BCUT2D eigenvalue weighted by Crippen LogP contribution is 2.47. The third-order valence-corrected chi connectivity index (χ3v) is 5.35. The number of rotatable bonds is 2. The summed E-state index contributed by atoms with van der Waals surface area (Å²) in [5.41, 5.74) is 9.08. The molecule has 2 atom stereocenters. The molecule has 0 amide bonds. The minimum Gasteiger partial charge on any atom is -0.375 e. The minimum absolute atomic E-state index is 0.0827. The molecule has 2 unspecified atom stereocenters. The van der Waals surface area contributed by atoms with E-state index in [1.165, 1.54) is 30.2 Å². The van der Waals surface area contributed by atoms with Gasteiger partial charge in [-0.05, 0) is 55.7 Å². The number of nitrogens with two attached hydrogens (primary N) is 1. The van der Waals surface area contributed by atoms with Crippen LogP contribution in [0.15, 0.2) is 36.5 Å². The zero-order valence-corrected chi connectivity index (χ0v) is 12.3. The van der Waals surface area contributed by atoms with Crippen LogP contribution < -0.4 is 5.73 Å². The molecule has 1 spiro atoms. The number of aromatic nitrogens is 1. The van der Waals surface area contributed by atoms with E-state index in [9.17, 15) is 0 Å². The normalized spacial score (nSPS) is 25.7. The fraction of sp³-hybridized carbons (Fsp3) is 0.500. The summed E-state index contributed by atoms with van der Waals surface area (Å²) in [7, 11) is 0. The summed E-state index contributed by atoms with van der Waals surface area (Å²) in [6.07, 6.45) is 7.81. The molecule has 3 nitrogen and oxygen atoms in total. The highest BCUT2D eigenvalue weighted by Gasteiger charge is 2.44. The molecule has 110 valence electrons. The molecule has 1 aromatic carbocycles. The fourth-order valence-corrected chi connectivity index (χ4v) is 3.95. The zero-order chi connectivity index (χ0) is 14.3. The fourth-order valence-electron chi connectivity index (χ4n) is 3.95. The molecule has 2 N–H and O–H groups in total. The van der Waals surface area contributed by atoms with E-state index in [2.05, 4.69) is 29.2 Å². The van der Waals surface area contributed by atoms with Crippen molar-refractivity contribution in [2.45, 2.75) is 43.7 Å². The molecule has 3 heteroatoms. The number of hydrogen-bond acceptors (Lipinski definition) is 3.